The molecule has 1 saturated heterocycles. The van der Waals surface area contributed by atoms with E-state index >= 15 is 0 Å². The molecule has 1 aliphatic carbocycles. The summed E-state index contributed by atoms with van der Waals surface area (Å²) in [6.45, 7) is 6.28. The fourth-order valence-corrected chi connectivity index (χ4v) is 3.63. The first-order valence-corrected chi connectivity index (χ1v) is 8.99. The number of nitrogens with one attached hydrogen (secondary N) is 1. The summed E-state index contributed by atoms with van der Waals surface area (Å²) < 4.78 is 11.3. The Morgan fingerprint density at radius 2 is 1.96 bits per heavy atom. The number of rotatable bonds is 7. The average Bonchev–Trinajstić information content (AvgIpc) is 3.14. The minimum Gasteiger partial charge on any atom is -0.355 e. The summed E-state index contributed by atoms with van der Waals surface area (Å²) in [4.78, 5) is 12.4. The third-order valence-electron chi connectivity index (χ3n) is 5.56. The van der Waals surface area contributed by atoms with Crippen molar-refractivity contribution in [1.82, 2.24) is 5.32 Å². The first-order chi connectivity index (χ1) is 11.1. The quantitative estimate of drug-likeness (QED) is 0.731. The zero-order chi connectivity index (χ0) is 16.8. The molecule has 1 aliphatic heterocycles. The molecule has 1 heterocycles. The summed E-state index contributed by atoms with van der Waals surface area (Å²) in [7, 11) is 0. The van der Waals surface area contributed by atoms with Gasteiger partial charge in [0, 0.05) is 12.0 Å². The molecule has 0 spiro atoms. The lowest BCUT2D eigenvalue weighted by Gasteiger charge is -2.33. The van der Waals surface area contributed by atoms with Crippen molar-refractivity contribution < 1.29 is 14.3 Å². The number of hydrogen-bond donors (Lipinski definition) is 1. The SMILES string of the molecule is CCC(C)(CCCNC(=O)C1(C#N)CCCCC1)C1OCCO1. The average molecular weight is 322 g/mol. The maximum atomic E-state index is 12.4. The standard InChI is InChI=1S/C18H30N2O3/c1-3-17(2,16-22-12-13-23-16)8-7-11-20-15(21)18(14-19)9-5-4-6-10-18/h16H,3-13H2,1-2H3,(H,20,21). The van der Waals surface area contributed by atoms with Gasteiger partial charge in [0.25, 0.3) is 0 Å². The van der Waals surface area contributed by atoms with Gasteiger partial charge in [0.1, 0.15) is 5.41 Å². The van der Waals surface area contributed by atoms with E-state index in [0.717, 1.165) is 38.5 Å². The molecule has 5 nitrogen and oxygen atoms in total. The molecule has 1 unspecified atom stereocenters. The largest absolute Gasteiger partial charge is 0.355 e. The molecule has 0 aromatic heterocycles. The molecule has 1 amide bonds. The Morgan fingerprint density at radius 1 is 1.30 bits per heavy atom. The Balaban J connectivity index is 1.77. The van der Waals surface area contributed by atoms with Gasteiger partial charge in [-0.05, 0) is 32.1 Å². The third kappa shape index (κ3) is 4.24. The van der Waals surface area contributed by atoms with Crippen molar-refractivity contribution in [2.45, 2.75) is 71.5 Å². The maximum absolute atomic E-state index is 12.4. The number of nitriles is 1. The monoisotopic (exact) mass is 322 g/mol. The minimum atomic E-state index is -0.788. The van der Waals surface area contributed by atoms with Crippen LogP contribution in [0, 0.1) is 22.2 Å². The second-order valence-corrected chi connectivity index (χ2v) is 7.20. The Labute approximate surface area is 139 Å². The van der Waals surface area contributed by atoms with E-state index in [1.807, 2.05) is 0 Å². The van der Waals surface area contributed by atoms with Gasteiger partial charge in [-0.15, -0.1) is 0 Å². The van der Waals surface area contributed by atoms with Gasteiger partial charge in [-0.25, -0.2) is 0 Å². The molecule has 2 rings (SSSR count). The first-order valence-electron chi connectivity index (χ1n) is 8.99. The number of nitrogens with zero attached hydrogens (tertiary/aromatic N) is 1. The van der Waals surface area contributed by atoms with Gasteiger partial charge in [0.15, 0.2) is 6.29 Å². The van der Waals surface area contributed by atoms with Gasteiger partial charge in [-0.3, -0.25) is 4.79 Å². The Morgan fingerprint density at radius 3 is 2.52 bits per heavy atom. The minimum absolute atomic E-state index is 0.0149. The van der Waals surface area contributed by atoms with Gasteiger partial charge in [0.2, 0.25) is 5.91 Å². The topological polar surface area (TPSA) is 71.4 Å². The highest BCUT2D eigenvalue weighted by molar-refractivity contribution is 5.85. The fraction of sp³-hybridized carbons (Fsp3) is 0.889. The number of hydrogen-bond acceptors (Lipinski definition) is 4. The second-order valence-electron chi connectivity index (χ2n) is 7.20. The molecule has 0 radical (unpaired) electrons. The van der Waals surface area contributed by atoms with E-state index in [9.17, 15) is 10.1 Å². The van der Waals surface area contributed by atoms with Gasteiger partial charge >= 0.3 is 0 Å². The smallest absolute Gasteiger partial charge is 0.240 e. The molecular formula is C18H30N2O3. The Bertz CT molecular complexity index is 434. The van der Waals surface area contributed by atoms with Crippen molar-refractivity contribution in [2.24, 2.45) is 10.8 Å². The van der Waals surface area contributed by atoms with Crippen LogP contribution < -0.4 is 5.32 Å². The molecule has 5 heteroatoms. The highest BCUT2D eigenvalue weighted by atomic mass is 16.7. The number of carbonyl (C=O) groups is 1. The van der Waals surface area contributed by atoms with E-state index in [0.29, 0.717) is 32.6 Å². The van der Waals surface area contributed by atoms with Crippen molar-refractivity contribution in [3.05, 3.63) is 0 Å². The third-order valence-corrected chi connectivity index (χ3v) is 5.56. The van der Waals surface area contributed by atoms with Crippen LogP contribution in [0.2, 0.25) is 0 Å². The summed E-state index contributed by atoms with van der Waals surface area (Å²) in [6, 6.07) is 2.28. The van der Waals surface area contributed by atoms with Crippen LogP contribution in [0.5, 0.6) is 0 Å². The van der Waals surface area contributed by atoms with Gasteiger partial charge < -0.3 is 14.8 Å². The number of ether oxygens (including phenoxy) is 2. The van der Waals surface area contributed by atoms with Crippen LogP contribution in [0.3, 0.4) is 0 Å². The lowest BCUT2D eigenvalue weighted by molar-refractivity contribution is -0.132. The normalized spacial score (nSPS) is 23.9. The fourth-order valence-electron chi connectivity index (χ4n) is 3.63. The molecule has 2 fully saturated rings. The van der Waals surface area contributed by atoms with Crippen LogP contribution in [0.25, 0.3) is 0 Å². The predicted molar refractivity (Wildman–Crippen MR) is 87.5 cm³/mol. The van der Waals surface area contributed by atoms with E-state index in [1.54, 1.807) is 0 Å². The highest BCUT2D eigenvalue weighted by Crippen LogP contribution is 2.37. The van der Waals surface area contributed by atoms with Crippen LogP contribution in [0.4, 0.5) is 0 Å². The van der Waals surface area contributed by atoms with E-state index in [1.165, 1.54) is 0 Å². The van der Waals surface area contributed by atoms with E-state index in [4.69, 9.17) is 9.47 Å². The molecular weight excluding hydrogens is 292 g/mol. The second kappa shape index (κ2) is 8.12. The van der Waals surface area contributed by atoms with Crippen LogP contribution in [-0.2, 0) is 14.3 Å². The summed E-state index contributed by atoms with van der Waals surface area (Å²) in [5.74, 6) is -0.0775. The Kier molecular flexibility index (Phi) is 6.43. The summed E-state index contributed by atoms with van der Waals surface area (Å²) in [5, 5.41) is 12.4. The molecule has 0 aromatic carbocycles. The van der Waals surface area contributed by atoms with Gasteiger partial charge in [-0.2, -0.15) is 5.26 Å². The number of amides is 1. The zero-order valence-electron chi connectivity index (χ0n) is 14.5. The molecule has 1 saturated carbocycles. The van der Waals surface area contributed by atoms with E-state index in [-0.39, 0.29) is 17.6 Å². The first kappa shape index (κ1) is 18.2. The van der Waals surface area contributed by atoms with Crippen LogP contribution in [0.15, 0.2) is 0 Å². The van der Waals surface area contributed by atoms with Crippen LogP contribution >= 0.6 is 0 Å². The molecule has 1 atom stereocenters. The van der Waals surface area contributed by atoms with Crippen molar-refractivity contribution in [1.29, 1.82) is 5.26 Å². The van der Waals surface area contributed by atoms with Crippen molar-refractivity contribution in [2.75, 3.05) is 19.8 Å². The summed E-state index contributed by atoms with van der Waals surface area (Å²) >= 11 is 0. The lowest BCUT2D eigenvalue weighted by atomic mass is 9.74. The molecule has 0 bridgehead atoms. The summed E-state index contributed by atoms with van der Waals surface area (Å²) in [6.07, 6.45) is 7.15. The zero-order valence-corrected chi connectivity index (χ0v) is 14.5. The molecule has 23 heavy (non-hydrogen) atoms. The van der Waals surface area contributed by atoms with Gasteiger partial charge in [0.05, 0.1) is 19.3 Å². The predicted octanol–water partition coefficient (Wildman–Crippen LogP) is 3.15. The van der Waals surface area contributed by atoms with Crippen molar-refractivity contribution in [3.63, 3.8) is 0 Å². The molecule has 130 valence electrons. The maximum Gasteiger partial charge on any atom is 0.240 e. The summed E-state index contributed by atoms with van der Waals surface area (Å²) in [5.41, 5.74) is -0.803. The van der Waals surface area contributed by atoms with Crippen molar-refractivity contribution in [3.8, 4) is 6.07 Å². The Hall–Kier alpha value is -1.12. The molecule has 2 aliphatic rings. The number of carbonyl (C=O) groups excluding carboxylic acids is 1. The van der Waals surface area contributed by atoms with Crippen LogP contribution in [-0.4, -0.2) is 32.0 Å². The lowest BCUT2D eigenvalue weighted by Crippen LogP contribution is -2.42. The highest BCUT2D eigenvalue weighted by Gasteiger charge is 2.40. The molecule has 0 aromatic rings. The van der Waals surface area contributed by atoms with Gasteiger partial charge in [-0.1, -0.05) is 33.1 Å². The van der Waals surface area contributed by atoms with E-state index < -0.39 is 5.41 Å². The van der Waals surface area contributed by atoms with E-state index in [2.05, 4.69) is 25.2 Å². The van der Waals surface area contributed by atoms with Crippen LogP contribution in [0.1, 0.15) is 65.2 Å². The van der Waals surface area contributed by atoms with Crippen molar-refractivity contribution >= 4 is 5.91 Å². The molecule has 1 N–H and O–H groups in total.